The van der Waals surface area contributed by atoms with Crippen LogP contribution in [0.1, 0.15) is 24.2 Å². The van der Waals surface area contributed by atoms with E-state index in [1.807, 2.05) is 31.0 Å². The van der Waals surface area contributed by atoms with Gasteiger partial charge in [-0.3, -0.25) is 9.59 Å². The fraction of sp³-hybridized carbons (Fsp3) is 0.429. The normalized spacial score (nSPS) is 26.8. The predicted octanol–water partition coefficient (Wildman–Crippen LogP) is 1.89. The summed E-state index contributed by atoms with van der Waals surface area (Å²) in [6.07, 6.45) is 0. The number of esters is 1. The lowest BCUT2D eigenvalue weighted by molar-refractivity contribution is -0.149. The van der Waals surface area contributed by atoms with Crippen molar-refractivity contribution < 1.29 is 14.3 Å². The molecule has 1 aromatic rings. The van der Waals surface area contributed by atoms with Crippen LogP contribution in [-0.2, 0) is 9.53 Å². The largest absolute Gasteiger partial charge is 0.468 e. The third-order valence-electron chi connectivity index (χ3n) is 4.03. The standard InChI is InChI=1S/C14H17NO3/c1-9-14(2,13(17)18-4)12(16)10-7-5-6-8-11(10)15(9)3/h5-9H,1-4H3/t9-,14+/m0/s1. The van der Waals surface area contributed by atoms with Crippen molar-refractivity contribution in [1.29, 1.82) is 0 Å². The van der Waals surface area contributed by atoms with Gasteiger partial charge in [-0.1, -0.05) is 12.1 Å². The van der Waals surface area contributed by atoms with Gasteiger partial charge in [-0.15, -0.1) is 0 Å². The Bertz CT molecular complexity index is 512. The molecule has 4 nitrogen and oxygen atoms in total. The molecule has 0 fully saturated rings. The number of hydrogen-bond donors (Lipinski definition) is 0. The molecule has 4 heteroatoms. The third kappa shape index (κ3) is 1.45. The average Bonchev–Trinajstić information content (AvgIpc) is 2.41. The number of Topliss-reactive ketones (excluding diaryl/α,β-unsaturated/α-hetero) is 1. The Morgan fingerprint density at radius 2 is 2.00 bits per heavy atom. The Labute approximate surface area is 107 Å². The molecule has 2 rings (SSSR count). The Morgan fingerprint density at radius 1 is 1.39 bits per heavy atom. The first kappa shape index (κ1) is 12.6. The number of para-hydroxylation sites is 1. The minimum Gasteiger partial charge on any atom is -0.468 e. The molecule has 0 N–H and O–H groups in total. The van der Waals surface area contributed by atoms with Gasteiger partial charge in [0.1, 0.15) is 5.41 Å². The number of methoxy groups -OCH3 is 1. The van der Waals surface area contributed by atoms with Gasteiger partial charge in [-0.2, -0.15) is 0 Å². The summed E-state index contributed by atoms with van der Waals surface area (Å²) in [6.45, 7) is 3.52. The fourth-order valence-electron chi connectivity index (χ4n) is 2.51. The van der Waals surface area contributed by atoms with Crippen LogP contribution in [0.5, 0.6) is 0 Å². The number of hydrogen-bond acceptors (Lipinski definition) is 4. The first-order valence-corrected chi connectivity index (χ1v) is 5.89. The van der Waals surface area contributed by atoms with Crippen LogP contribution in [0.2, 0.25) is 0 Å². The van der Waals surface area contributed by atoms with E-state index in [0.29, 0.717) is 5.56 Å². The molecule has 1 aromatic carbocycles. The Kier molecular flexibility index (Phi) is 2.89. The van der Waals surface area contributed by atoms with Gasteiger partial charge in [-0.05, 0) is 26.0 Å². The van der Waals surface area contributed by atoms with Crippen molar-refractivity contribution in [3.05, 3.63) is 29.8 Å². The second-order valence-corrected chi connectivity index (χ2v) is 4.83. The van der Waals surface area contributed by atoms with Crippen molar-refractivity contribution in [2.45, 2.75) is 19.9 Å². The second-order valence-electron chi connectivity index (χ2n) is 4.83. The highest BCUT2D eigenvalue weighted by atomic mass is 16.5. The maximum absolute atomic E-state index is 12.6. The van der Waals surface area contributed by atoms with E-state index in [1.165, 1.54) is 7.11 Å². The molecule has 0 aliphatic carbocycles. The Balaban J connectivity index is 2.62. The van der Waals surface area contributed by atoms with Crippen molar-refractivity contribution in [3.63, 3.8) is 0 Å². The van der Waals surface area contributed by atoms with Crippen LogP contribution >= 0.6 is 0 Å². The zero-order valence-corrected chi connectivity index (χ0v) is 11.1. The number of carbonyl (C=O) groups excluding carboxylic acids is 2. The zero-order chi connectivity index (χ0) is 13.5. The molecule has 0 saturated carbocycles. The minimum absolute atomic E-state index is 0.171. The van der Waals surface area contributed by atoms with Crippen LogP contribution in [0.3, 0.4) is 0 Å². The number of anilines is 1. The van der Waals surface area contributed by atoms with Gasteiger partial charge in [0.25, 0.3) is 0 Å². The van der Waals surface area contributed by atoms with Crippen LogP contribution in [0.4, 0.5) is 5.69 Å². The van der Waals surface area contributed by atoms with Crippen molar-refractivity contribution >= 4 is 17.4 Å². The molecule has 1 aliphatic rings. The molecular weight excluding hydrogens is 230 g/mol. The molecule has 96 valence electrons. The molecule has 0 bridgehead atoms. The van der Waals surface area contributed by atoms with Crippen LogP contribution in [0.15, 0.2) is 24.3 Å². The quantitative estimate of drug-likeness (QED) is 0.561. The van der Waals surface area contributed by atoms with Gasteiger partial charge in [-0.25, -0.2) is 0 Å². The highest BCUT2D eigenvalue weighted by molar-refractivity contribution is 6.17. The van der Waals surface area contributed by atoms with Crippen LogP contribution in [0.25, 0.3) is 0 Å². The van der Waals surface area contributed by atoms with E-state index in [0.717, 1.165) is 5.69 Å². The van der Waals surface area contributed by atoms with Gasteiger partial charge in [0.05, 0.1) is 7.11 Å². The smallest absolute Gasteiger partial charge is 0.321 e. The maximum atomic E-state index is 12.6. The van der Waals surface area contributed by atoms with Crippen molar-refractivity contribution in [2.24, 2.45) is 5.41 Å². The zero-order valence-electron chi connectivity index (χ0n) is 11.1. The number of nitrogens with zero attached hydrogens (tertiary/aromatic N) is 1. The topological polar surface area (TPSA) is 46.6 Å². The Morgan fingerprint density at radius 3 is 2.61 bits per heavy atom. The number of ether oxygens (including phenoxy) is 1. The van der Waals surface area contributed by atoms with Crippen molar-refractivity contribution in [2.75, 3.05) is 19.1 Å². The lowest BCUT2D eigenvalue weighted by Crippen LogP contribution is -2.56. The first-order valence-electron chi connectivity index (χ1n) is 5.89. The van der Waals surface area contributed by atoms with Gasteiger partial charge >= 0.3 is 5.97 Å². The van der Waals surface area contributed by atoms with Gasteiger partial charge in [0, 0.05) is 24.3 Å². The van der Waals surface area contributed by atoms with Gasteiger partial charge < -0.3 is 9.64 Å². The van der Waals surface area contributed by atoms with E-state index < -0.39 is 11.4 Å². The number of benzene rings is 1. The summed E-state index contributed by atoms with van der Waals surface area (Å²) in [6, 6.07) is 7.09. The monoisotopic (exact) mass is 247 g/mol. The highest BCUT2D eigenvalue weighted by Gasteiger charge is 2.52. The molecule has 1 heterocycles. The summed E-state index contributed by atoms with van der Waals surface area (Å²) in [5, 5.41) is 0. The highest BCUT2D eigenvalue weighted by Crippen LogP contribution is 2.40. The molecule has 0 saturated heterocycles. The molecule has 0 unspecified atom stereocenters. The van der Waals surface area contributed by atoms with E-state index in [9.17, 15) is 9.59 Å². The number of fused-ring (bicyclic) bond motifs is 1. The van der Waals surface area contributed by atoms with Gasteiger partial charge in [0.15, 0.2) is 5.78 Å². The summed E-state index contributed by atoms with van der Waals surface area (Å²) in [4.78, 5) is 26.5. The summed E-state index contributed by atoms with van der Waals surface area (Å²) in [5.41, 5.74) is 0.278. The SMILES string of the molecule is COC(=O)[C@@]1(C)C(=O)c2ccccc2N(C)[C@H]1C. The molecule has 0 amide bonds. The molecular formula is C14H17NO3. The fourth-order valence-corrected chi connectivity index (χ4v) is 2.51. The summed E-state index contributed by atoms with van der Waals surface area (Å²) in [7, 11) is 3.20. The van der Waals surface area contributed by atoms with E-state index >= 15 is 0 Å². The number of rotatable bonds is 1. The summed E-state index contributed by atoms with van der Waals surface area (Å²) < 4.78 is 4.81. The molecule has 18 heavy (non-hydrogen) atoms. The van der Waals surface area contributed by atoms with E-state index in [1.54, 1.807) is 19.1 Å². The van der Waals surface area contributed by atoms with Crippen LogP contribution in [-0.4, -0.2) is 32.0 Å². The predicted molar refractivity (Wildman–Crippen MR) is 68.8 cm³/mol. The van der Waals surface area contributed by atoms with Crippen LogP contribution < -0.4 is 4.90 Å². The van der Waals surface area contributed by atoms with Gasteiger partial charge in [0.2, 0.25) is 0 Å². The molecule has 0 spiro atoms. The summed E-state index contributed by atoms with van der Waals surface area (Å²) >= 11 is 0. The van der Waals surface area contributed by atoms with E-state index in [-0.39, 0.29) is 11.8 Å². The maximum Gasteiger partial charge on any atom is 0.321 e. The Hall–Kier alpha value is -1.84. The van der Waals surface area contributed by atoms with E-state index in [2.05, 4.69) is 0 Å². The minimum atomic E-state index is -1.15. The lowest BCUT2D eigenvalue weighted by Gasteiger charge is -2.43. The number of carbonyl (C=O) groups is 2. The molecule has 0 aromatic heterocycles. The van der Waals surface area contributed by atoms with Crippen molar-refractivity contribution in [3.8, 4) is 0 Å². The third-order valence-corrected chi connectivity index (χ3v) is 4.03. The average molecular weight is 247 g/mol. The first-order chi connectivity index (χ1) is 8.44. The molecule has 2 atom stereocenters. The molecule has 0 radical (unpaired) electrons. The second kappa shape index (κ2) is 4.12. The van der Waals surface area contributed by atoms with E-state index in [4.69, 9.17) is 4.74 Å². The lowest BCUT2D eigenvalue weighted by atomic mass is 9.72. The van der Waals surface area contributed by atoms with Crippen molar-refractivity contribution in [1.82, 2.24) is 0 Å². The van der Waals surface area contributed by atoms with Crippen LogP contribution in [0, 0.1) is 5.41 Å². The number of ketones is 1. The summed E-state index contributed by atoms with van der Waals surface area (Å²) in [5.74, 6) is -0.656. The molecule has 1 aliphatic heterocycles.